The summed E-state index contributed by atoms with van der Waals surface area (Å²) in [4.78, 5) is 8.64. The van der Waals surface area contributed by atoms with Crippen molar-refractivity contribution >= 4 is 0 Å². The highest BCUT2D eigenvalue weighted by Gasteiger charge is 2.26. The van der Waals surface area contributed by atoms with Crippen LogP contribution in [-0.2, 0) is 0 Å². The smallest absolute Gasteiger partial charge is 0.145 e. The molecule has 0 bridgehead atoms. The highest BCUT2D eigenvalue weighted by atomic mass is 15.0. The Morgan fingerprint density at radius 3 is 2.50 bits per heavy atom. The number of hydrogen-bond acceptors (Lipinski definition) is 3. The maximum absolute atomic E-state index is 4.32. The Hall–Kier alpha value is -0.960. The second-order valence-corrected chi connectivity index (χ2v) is 3.92. The van der Waals surface area contributed by atoms with E-state index >= 15 is 0 Å². The summed E-state index contributed by atoms with van der Waals surface area (Å²) < 4.78 is 0. The van der Waals surface area contributed by atoms with E-state index in [0.29, 0.717) is 6.04 Å². The van der Waals surface area contributed by atoms with E-state index in [1.807, 2.05) is 25.5 Å². The van der Waals surface area contributed by atoms with Gasteiger partial charge in [-0.2, -0.15) is 0 Å². The van der Waals surface area contributed by atoms with Gasteiger partial charge in [-0.3, -0.25) is 0 Å². The predicted molar refractivity (Wildman–Crippen MR) is 55.8 cm³/mol. The Bertz CT molecular complexity index is 267. The van der Waals surface area contributed by atoms with Crippen LogP contribution in [0.25, 0.3) is 0 Å². The van der Waals surface area contributed by atoms with Gasteiger partial charge in [-0.1, -0.05) is 12.8 Å². The standard InChI is InChI=1S/C11H17N3/c1-12-10(9-5-2-3-6-9)11-13-7-4-8-14-11/h4,7-10,12H,2-3,5-6H2,1H3. The van der Waals surface area contributed by atoms with Crippen molar-refractivity contribution in [1.82, 2.24) is 15.3 Å². The van der Waals surface area contributed by atoms with Crippen molar-refractivity contribution in [3.63, 3.8) is 0 Å². The van der Waals surface area contributed by atoms with E-state index in [-0.39, 0.29) is 0 Å². The lowest BCUT2D eigenvalue weighted by Gasteiger charge is -2.20. The minimum Gasteiger partial charge on any atom is -0.310 e. The van der Waals surface area contributed by atoms with Gasteiger partial charge in [0, 0.05) is 12.4 Å². The number of aromatic nitrogens is 2. The summed E-state index contributed by atoms with van der Waals surface area (Å²) in [5, 5.41) is 3.34. The van der Waals surface area contributed by atoms with E-state index in [9.17, 15) is 0 Å². The van der Waals surface area contributed by atoms with Crippen LogP contribution >= 0.6 is 0 Å². The predicted octanol–water partition coefficient (Wildman–Crippen LogP) is 1.93. The molecule has 1 aliphatic carbocycles. The third kappa shape index (κ3) is 1.93. The lowest BCUT2D eigenvalue weighted by molar-refractivity contribution is 0.374. The first-order chi connectivity index (χ1) is 6.92. The van der Waals surface area contributed by atoms with Gasteiger partial charge in [-0.25, -0.2) is 9.97 Å². The average molecular weight is 191 g/mol. The fraction of sp³-hybridized carbons (Fsp3) is 0.636. The molecule has 14 heavy (non-hydrogen) atoms. The molecule has 0 spiro atoms. The molecule has 1 aromatic rings. The van der Waals surface area contributed by atoms with Crippen LogP contribution in [0, 0.1) is 5.92 Å². The highest BCUT2D eigenvalue weighted by molar-refractivity contribution is 4.99. The molecular weight excluding hydrogens is 174 g/mol. The van der Waals surface area contributed by atoms with Gasteiger partial charge in [0.25, 0.3) is 0 Å². The Morgan fingerprint density at radius 2 is 1.93 bits per heavy atom. The van der Waals surface area contributed by atoms with E-state index in [2.05, 4.69) is 15.3 Å². The molecule has 2 rings (SSSR count). The molecule has 76 valence electrons. The van der Waals surface area contributed by atoms with E-state index in [4.69, 9.17) is 0 Å². The maximum Gasteiger partial charge on any atom is 0.145 e. The van der Waals surface area contributed by atoms with E-state index < -0.39 is 0 Å². The van der Waals surface area contributed by atoms with Crippen molar-refractivity contribution in [2.45, 2.75) is 31.7 Å². The SMILES string of the molecule is CNC(c1ncccn1)C1CCCC1. The second kappa shape index (κ2) is 4.51. The largest absolute Gasteiger partial charge is 0.310 e. The van der Waals surface area contributed by atoms with Crippen molar-refractivity contribution in [3.05, 3.63) is 24.3 Å². The van der Waals surface area contributed by atoms with E-state index in [1.54, 1.807) is 0 Å². The minimum atomic E-state index is 0.346. The molecule has 1 saturated carbocycles. The van der Waals surface area contributed by atoms with Gasteiger partial charge in [-0.05, 0) is 31.9 Å². The molecule has 0 radical (unpaired) electrons. The Balaban J connectivity index is 2.12. The molecule has 1 aromatic heterocycles. The summed E-state index contributed by atoms with van der Waals surface area (Å²) in [6.45, 7) is 0. The fourth-order valence-electron chi connectivity index (χ4n) is 2.34. The first kappa shape index (κ1) is 9.59. The van der Waals surface area contributed by atoms with Gasteiger partial charge < -0.3 is 5.32 Å². The summed E-state index contributed by atoms with van der Waals surface area (Å²) >= 11 is 0. The van der Waals surface area contributed by atoms with Crippen LogP contribution in [0.2, 0.25) is 0 Å². The minimum absolute atomic E-state index is 0.346. The third-order valence-electron chi connectivity index (χ3n) is 3.05. The monoisotopic (exact) mass is 191 g/mol. The number of rotatable bonds is 3. The Labute approximate surface area is 85.0 Å². The number of hydrogen-bond donors (Lipinski definition) is 1. The maximum atomic E-state index is 4.32. The summed E-state index contributed by atoms with van der Waals surface area (Å²) in [7, 11) is 2.00. The van der Waals surface area contributed by atoms with Gasteiger partial charge in [0.15, 0.2) is 0 Å². The van der Waals surface area contributed by atoms with Gasteiger partial charge in [0.1, 0.15) is 5.82 Å². The molecule has 1 heterocycles. The topological polar surface area (TPSA) is 37.8 Å². The van der Waals surface area contributed by atoms with Crippen molar-refractivity contribution in [2.24, 2.45) is 5.92 Å². The van der Waals surface area contributed by atoms with Crippen molar-refractivity contribution in [2.75, 3.05) is 7.05 Å². The van der Waals surface area contributed by atoms with Crippen LogP contribution in [-0.4, -0.2) is 17.0 Å². The van der Waals surface area contributed by atoms with Crippen LogP contribution in [0.5, 0.6) is 0 Å². The first-order valence-corrected chi connectivity index (χ1v) is 5.36. The molecule has 0 saturated heterocycles. The molecule has 3 heteroatoms. The summed E-state index contributed by atoms with van der Waals surface area (Å²) in [5.41, 5.74) is 0. The van der Waals surface area contributed by atoms with Gasteiger partial charge in [0.2, 0.25) is 0 Å². The van der Waals surface area contributed by atoms with Crippen LogP contribution in [0.4, 0.5) is 0 Å². The van der Waals surface area contributed by atoms with E-state index in [1.165, 1.54) is 25.7 Å². The lowest BCUT2D eigenvalue weighted by atomic mass is 9.97. The number of nitrogens with zero attached hydrogens (tertiary/aromatic N) is 2. The van der Waals surface area contributed by atoms with Crippen LogP contribution in [0.15, 0.2) is 18.5 Å². The molecule has 3 nitrogen and oxygen atoms in total. The Morgan fingerprint density at radius 1 is 1.29 bits per heavy atom. The van der Waals surface area contributed by atoms with Crippen LogP contribution in [0.3, 0.4) is 0 Å². The summed E-state index contributed by atoms with van der Waals surface area (Å²) in [6, 6.07) is 2.21. The summed E-state index contributed by atoms with van der Waals surface area (Å²) in [5.74, 6) is 1.67. The van der Waals surface area contributed by atoms with Crippen molar-refractivity contribution in [1.29, 1.82) is 0 Å². The van der Waals surface area contributed by atoms with Gasteiger partial charge in [-0.15, -0.1) is 0 Å². The van der Waals surface area contributed by atoms with Gasteiger partial charge >= 0.3 is 0 Å². The highest BCUT2D eigenvalue weighted by Crippen LogP contribution is 2.33. The molecule has 1 atom stereocenters. The zero-order valence-corrected chi connectivity index (χ0v) is 8.61. The molecule has 1 fully saturated rings. The average Bonchev–Trinajstić information content (AvgIpc) is 2.74. The lowest BCUT2D eigenvalue weighted by Crippen LogP contribution is -2.25. The molecule has 1 N–H and O–H groups in total. The fourth-order valence-corrected chi connectivity index (χ4v) is 2.34. The first-order valence-electron chi connectivity index (χ1n) is 5.36. The molecule has 1 aliphatic rings. The van der Waals surface area contributed by atoms with Crippen molar-refractivity contribution in [3.8, 4) is 0 Å². The van der Waals surface area contributed by atoms with E-state index in [0.717, 1.165) is 11.7 Å². The second-order valence-electron chi connectivity index (χ2n) is 3.92. The molecule has 0 aliphatic heterocycles. The normalized spacial score (nSPS) is 19.8. The summed E-state index contributed by atoms with van der Waals surface area (Å²) in [6.07, 6.45) is 8.97. The zero-order chi connectivity index (χ0) is 9.80. The van der Waals surface area contributed by atoms with Gasteiger partial charge in [0.05, 0.1) is 6.04 Å². The Kier molecular flexibility index (Phi) is 3.09. The van der Waals surface area contributed by atoms with Crippen LogP contribution < -0.4 is 5.32 Å². The van der Waals surface area contributed by atoms with Crippen molar-refractivity contribution < 1.29 is 0 Å². The third-order valence-corrected chi connectivity index (χ3v) is 3.05. The molecular formula is C11H17N3. The number of nitrogens with one attached hydrogen (secondary N) is 1. The molecule has 0 aromatic carbocycles. The van der Waals surface area contributed by atoms with Crippen LogP contribution in [0.1, 0.15) is 37.5 Å². The molecule has 1 unspecified atom stereocenters. The quantitative estimate of drug-likeness (QED) is 0.793. The molecule has 0 amide bonds. The zero-order valence-electron chi connectivity index (χ0n) is 8.61.